The van der Waals surface area contributed by atoms with Crippen molar-refractivity contribution in [3.05, 3.63) is 82.3 Å². The number of aliphatic hydroxyl groups is 2. The van der Waals surface area contributed by atoms with E-state index in [1.807, 2.05) is 0 Å². The number of benzene rings is 2. The van der Waals surface area contributed by atoms with E-state index in [0.717, 1.165) is 6.07 Å². The molecule has 11 heteroatoms. The molecule has 0 aliphatic rings. The standard InChI is InChI=1S/C27H27ClF3N5O2/c1-13-22(28)23(36-24(25(30)31)17-9-15(20(32)12-37)4-6-19(17)29)18-8-14(5-7-21(18)35-13)16-10-33-26(34-11-16)27(2,3)38/h4-11,20,24-25,37-38H,12,32H2,1-3H3,(H,35,36)/t20?,24-/m0/s1. The monoisotopic (exact) mass is 545 g/mol. The molecule has 200 valence electrons. The maximum absolute atomic E-state index is 14.8. The van der Waals surface area contributed by atoms with Gasteiger partial charge in [0.05, 0.1) is 34.6 Å². The molecule has 7 nitrogen and oxygen atoms in total. The highest BCUT2D eigenvalue weighted by atomic mass is 35.5. The second-order valence-corrected chi connectivity index (χ2v) is 9.88. The van der Waals surface area contributed by atoms with Gasteiger partial charge in [-0.05, 0) is 56.2 Å². The molecule has 38 heavy (non-hydrogen) atoms. The van der Waals surface area contributed by atoms with Crippen LogP contribution in [0.4, 0.5) is 18.9 Å². The number of rotatable bonds is 8. The summed E-state index contributed by atoms with van der Waals surface area (Å²) in [5.74, 6) is -0.609. The van der Waals surface area contributed by atoms with Gasteiger partial charge >= 0.3 is 0 Å². The normalized spacial score (nSPS) is 13.7. The Morgan fingerprint density at radius 3 is 2.37 bits per heavy atom. The second-order valence-electron chi connectivity index (χ2n) is 9.50. The van der Waals surface area contributed by atoms with Gasteiger partial charge < -0.3 is 21.3 Å². The summed E-state index contributed by atoms with van der Waals surface area (Å²) >= 11 is 6.55. The molecule has 0 aliphatic carbocycles. The van der Waals surface area contributed by atoms with Crippen molar-refractivity contribution >= 4 is 28.2 Å². The molecule has 2 aromatic heterocycles. The van der Waals surface area contributed by atoms with Crippen LogP contribution in [0.5, 0.6) is 0 Å². The number of aryl methyl sites for hydroxylation is 1. The van der Waals surface area contributed by atoms with Crippen LogP contribution in [-0.2, 0) is 5.60 Å². The molecule has 2 heterocycles. The minimum Gasteiger partial charge on any atom is -0.394 e. The highest BCUT2D eigenvalue weighted by Crippen LogP contribution is 2.39. The van der Waals surface area contributed by atoms with E-state index in [9.17, 15) is 23.4 Å². The van der Waals surface area contributed by atoms with Crippen LogP contribution in [-0.4, -0.2) is 38.2 Å². The molecule has 0 radical (unpaired) electrons. The Bertz CT molecular complexity index is 1460. The lowest BCUT2D eigenvalue weighted by atomic mass is 9.99. The molecular weight excluding hydrogens is 519 g/mol. The molecule has 0 fully saturated rings. The molecule has 0 aliphatic heterocycles. The zero-order chi connectivity index (χ0) is 27.8. The van der Waals surface area contributed by atoms with Crippen LogP contribution < -0.4 is 11.1 Å². The Morgan fingerprint density at radius 2 is 1.76 bits per heavy atom. The fourth-order valence-electron chi connectivity index (χ4n) is 4.04. The summed E-state index contributed by atoms with van der Waals surface area (Å²) in [6.07, 6.45) is 0.0754. The first-order chi connectivity index (χ1) is 17.9. The number of halogens is 4. The van der Waals surface area contributed by atoms with Crippen LogP contribution in [0.1, 0.15) is 48.6 Å². The number of nitrogens with one attached hydrogen (secondary N) is 1. The molecular formula is C27H27ClF3N5O2. The molecule has 0 amide bonds. The molecule has 4 rings (SSSR count). The van der Waals surface area contributed by atoms with Crippen LogP contribution in [0, 0.1) is 12.7 Å². The third-order valence-electron chi connectivity index (χ3n) is 6.16. The van der Waals surface area contributed by atoms with Crippen molar-refractivity contribution in [2.24, 2.45) is 5.73 Å². The fourth-order valence-corrected chi connectivity index (χ4v) is 4.24. The van der Waals surface area contributed by atoms with Gasteiger partial charge in [0.1, 0.15) is 17.5 Å². The van der Waals surface area contributed by atoms with Crippen molar-refractivity contribution in [3.8, 4) is 11.1 Å². The third kappa shape index (κ3) is 5.58. The van der Waals surface area contributed by atoms with Gasteiger partial charge in [0.25, 0.3) is 6.43 Å². The van der Waals surface area contributed by atoms with Gasteiger partial charge in [0, 0.05) is 28.9 Å². The molecule has 0 bridgehead atoms. The van der Waals surface area contributed by atoms with Gasteiger partial charge in [-0.1, -0.05) is 23.7 Å². The number of fused-ring (bicyclic) bond motifs is 1. The van der Waals surface area contributed by atoms with Crippen molar-refractivity contribution in [1.29, 1.82) is 0 Å². The Morgan fingerprint density at radius 1 is 1.08 bits per heavy atom. The lowest BCUT2D eigenvalue weighted by Crippen LogP contribution is -2.22. The largest absolute Gasteiger partial charge is 0.394 e. The summed E-state index contributed by atoms with van der Waals surface area (Å²) in [6.45, 7) is 4.35. The Hall–Kier alpha value is -3.31. The number of anilines is 1. The fraction of sp³-hybridized carbons (Fsp3) is 0.296. The molecule has 5 N–H and O–H groups in total. The predicted octanol–water partition coefficient (Wildman–Crippen LogP) is 5.43. The van der Waals surface area contributed by atoms with Crippen molar-refractivity contribution in [2.75, 3.05) is 11.9 Å². The number of hydrogen-bond acceptors (Lipinski definition) is 7. The maximum atomic E-state index is 14.8. The van der Waals surface area contributed by atoms with E-state index in [1.165, 1.54) is 12.1 Å². The Labute approximate surface area is 222 Å². The van der Waals surface area contributed by atoms with Gasteiger partial charge in [-0.25, -0.2) is 23.1 Å². The number of nitrogens with two attached hydrogens (primary N) is 1. The van der Waals surface area contributed by atoms with E-state index < -0.39 is 36.5 Å². The highest BCUT2D eigenvalue weighted by molar-refractivity contribution is 6.35. The first kappa shape index (κ1) is 27.7. The number of nitrogens with zero attached hydrogens (tertiary/aromatic N) is 3. The molecule has 0 saturated carbocycles. The SMILES string of the molecule is Cc1nc2ccc(-c3cnc(C(C)(C)O)nc3)cc2c(N[C@@H](c2cc(C(N)CO)ccc2F)C(F)F)c1Cl. The summed E-state index contributed by atoms with van der Waals surface area (Å²) in [5.41, 5.74) is 6.93. The van der Waals surface area contributed by atoms with E-state index in [2.05, 4.69) is 20.3 Å². The molecule has 4 aromatic rings. The topological polar surface area (TPSA) is 117 Å². The first-order valence-electron chi connectivity index (χ1n) is 11.8. The highest BCUT2D eigenvalue weighted by Gasteiger charge is 2.28. The number of alkyl halides is 2. The summed E-state index contributed by atoms with van der Waals surface area (Å²) < 4.78 is 43.5. The van der Waals surface area contributed by atoms with Gasteiger partial charge in [-0.2, -0.15) is 0 Å². The van der Waals surface area contributed by atoms with Crippen LogP contribution >= 0.6 is 11.6 Å². The Kier molecular flexibility index (Phi) is 7.89. The zero-order valence-electron chi connectivity index (χ0n) is 20.9. The average Bonchev–Trinajstić information content (AvgIpc) is 2.88. The minimum absolute atomic E-state index is 0.109. The first-order valence-corrected chi connectivity index (χ1v) is 12.1. The molecule has 1 unspecified atom stereocenters. The van der Waals surface area contributed by atoms with Crippen molar-refractivity contribution in [3.63, 3.8) is 0 Å². The lowest BCUT2D eigenvalue weighted by Gasteiger charge is -2.24. The van der Waals surface area contributed by atoms with E-state index in [4.69, 9.17) is 17.3 Å². The molecule has 0 saturated heterocycles. The zero-order valence-corrected chi connectivity index (χ0v) is 21.6. The van der Waals surface area contributed by atoms with E-state index in [0.29, 0.717) is 33.3 Å². The molecule has 2 aromatic carbocycles. The molecule has 2 atom stereocenters. The van der Waals surface area contributed by atoms with Crippen LogP contribution in [0.15, 0.2) is 48.8 Å². The van der Waals surface area contributed by atoms with Crippen LogP contribution in [0.2, 0.25) is 5.02 Å². The maximum Gasteiger partial charge on any atom is 0.262 e. The smallest absolute Gasteiger partial charge is 0.262 e. The molecule has 0 spiro atoms. The second kappa shape index (κ2) is 10.8. The number of hydrogen-bond donors (Lipinski definition) is 4. The Balaban J connectivity index is 1.82. The van der Waals surface area contributed by atoms with E-state index in [1.54, 1.807) is 51.4 Å². The van der Waals surface area contributed by atoms with Gasteiger partial charge in [0.15, 0.2) is 5.82 Å². The number of pyridine rings is 1. The van der Waals surface area contributed by atoms with Crippen molar-refractivity contribution < 1.29 is 23.4 Å². The van der Waals surface area contributed by atoms with Crippen LogP contribution in [0.25, 0.3) is 22.0 Å². The third-order valence-corrected chi connectivity index (χ3v) is 6.62. The lowest BCUT2D eigenvalue weighted by molar-refractivity contribution is 0.0687. The van der Waals surface area contributed by atoms with Gasteiger partial charge in [0.2, 0.25) is 0 Å². The number of aliphatic hydroxyl groups excluding tert-OH is 1. The van der Waals surface area contributed by atoms with E-state index in [-0.39, 0.29) is 22.1 Å². The van der Waals surface area contributed by atoms with Crippen molar-refractivity contribution in [1.82, 2.24) is 15.0 Å². The van der Waals surface area contributed by atoms with Gasteiger partial charge in [-0.15, -0.1) is 0 Å². The summed E-state index contributed by atoms with van der Waals surface area (Å²) in [4.78, 5) is 12.9. The van der Waals surface area contributed by atoms with E-state index >= 15 is 0 Å². The predicted molar refractivity (Wildman–Crippen MR) is 141 cm³/mol. The van der Waals surface area contributed by atoms with Gasteiger partial charge in [-0.3, -0.25) is 4.98 Å². The minimum atomic E-state index is -3.02. The average molecular weight is 546 g/mol. The summed E-state index contributed by atoms with van der Waals surface area (Å²) in [6, 6.07) is 6.17. The van der Waals surface area contributed by atoms with Crippen LogP contribution in [0.3, 0.4) is 0 Å². The summed E-state index contributed by atoms with van der Waals surface area (Å²) in [5, 5.41) is 22.8. The number of aromatic nitrogens is 3. The van der Waals surface area contributed by atoms with Crippen molar-refractivity contribution in [2.45, 2.75) is 44.9 Å². The quantitative estimate of drug-likeness (QED) is 0.233. The summed E-state index contributed by atoms with van der Waals surface area (Å²) in [7, 11) is 0.